The van der Waals surface area contributed by atoms with E-state index in [9.17, 15) is 14.5 Å². The number of hydrogen-bond acceptors (Lipinski definition) is 4. The van der Waals surface area contributed by atoms with E-state index in [1.54, 1.807) is 0 Å². The molecule has 5 nitrogen and oxygen atoms in total. The van der Waals surface area contributed by atoms with Crippen LogP contribution in [0.3, 0.4) is 0 Å². The summed E-state index contributed by atoms with van der Waals surface area (Å²) in [7, 11) is 0. The lowest BCUT2D eigenvalue weighted by molar-refractivity contribution is -0.384. The Kier molecular flexibility index (Phi) is 5.00. The number of halogens is 2. The molecule has 0 saturated carbocycles. The fourth-order valence-corrected chi connectivity index (χ4v) is 3.11. The number of piperidine rings is 1. The molecule has 0 aromatic heterocycles. The SMILES string of the molecule is CCC1CCN(c2cc(F)c(Cl)cc2[N+](=O)[O-])C(CN)C1. The van der Waals surface area contributed by atoms with Gasteiger partial charge in [0.2, 0.25) is 0 Å². The van der Waals surface area contributed by atoms with Gasteiger partial charge in [-0.25, -0.2) is 4.39 Å². The highest BCUT2D eigenvalue weighted by molar-refractivity contribution is 6.31. The number of nitrogens with two attached hydrogens (primary N) is 1. The zero-order chi connectivity index (χ0) is 15.6. The van der Waals surface area contributed by atoms with E-state index in [2.05, 4.69) is 6.92 Å². The van der Waals surface area contributed by atoms with E-state index in [0.717, 1.165) is 31.4 Å². The molecule has 1 aromatic carbocycles. The summed E-state index contributed by atoms with van der Waals surface area (Å²) in [6.45, 7) is 3.15. The minimum atomic E-state index is -0.648. The van der Waals surface area contributed by atoms with Crippen LogP contribution in [-0.2, 0) is 0 Å². The highest BCUT2D eigenvalue weighted by atomic mass is 35.5. The van der Waals surface area contributed by atoms with Crippen LogP contribution in [0.25, 0.3) is 0 Å². The van der Waals surface area contributed by atoms with Crippen LogP contribution >= 0.6 is 11.6 Å². The summed E-state index contributed by atoms with van der Waals surface area (Å²) in [6, 6.07) is 2.21. The maximum atomic E-state index is 13.7. The first-order valence-corrected chi connectivity index (χ1v) is 7.45. The number of rotatable bonds is 4. The maximum Gasteiger partial charge on any atom is 0.294 e. The van der Waals surface area contributed by atoms with Gasteiger partial charge in [0, 0.05) is 31.3 Å². The Hall–Kier alpha value is -1.40. The van der Waals surface area contributed by atoms with Crippen molar-refractivity contribution in [2.24, 2.45) is 11.7 Å². The average Bonchev–Trinajstić information content (AvgIpc) is 2.48. The van der Waals surface area contributed by atoms with Crippen molar-refractivity contribution < 1.29 is 9.31 Å². The Balaban J connectivity index is 2.40. The molecule has 2 atom stereocenters. The number of hydrogen-bond donors (Lipinski definition) is 1. The second-order valence-corrected chi connectivity index (χ2v) is 5.80. The summed E-state index contributed by atoms with van der Waals surface area (Å²) in [4.78, 5) is 12.5. The van der Waals surface area contributed by atoms with Gasteiger partial charge in [-0.1, -0.05) is 24.9 Å². The lowest BCUT2D eigenvalue weighted by atomic mass is 9.88. The predicted octanol–water partition coefficient (Wildman–Crippen LogP) is 3.34. The Morgan fingerprint density at radius 3 is 2.86 bits per heavy atom. The first kappa shape index (κ1) is 16.0. The molecular formula is C14H19ClFN3O2. The van der Waals surface area contributed by atoms with Crippen molar-refractivity contribution >= 4 is 23.0 Å². The predicted molar refractivity (Wildman–Crippen MR) is 81.3 cm³/mol. The minimum absolute atomic E-state index is 0.0111. The van der Waals surface area contributed by atoms with E-state index >= 15 is 0 Å². The third kappa shape index (κ3) is 3.27. The molecule has 0 radical (unpaired) electrons. The third-order valence-electron chi connectivity index (χ3n) is 4.20. The molecule has 0 spiro atoms. The van der Waals surface area contributed by atoms with Crippen LogP contribution in [0, 0.1) is 21.8 Å². The molecule has 1 aromatic rings. The Morgan fingerprint density at radius 1 is 1.57 bits per heavy atom. The van der Waals surface area contributed by atoms with Crippen molar-refractivity contribution in [3.05, 3.63) is 33.1 Å². The van der Waals surface area contributed by atoms with Crippen molar-refractivity contribution in [2.75, 3.05) is 18.0 Å². The van der Waals surface area contributed by atoms with Gasteiger partial charge in [-0.05, 0) is 18.8 Å². The summed E-state index contributed by atoms with van der Waals surface area (Å²) >= 11 is 5.66. The molecule has 1 fully saturated rings. The molecule has 1 saturated heterocycles. The first-order valence-electron chi connectivity index (χ1n) is 7.08. The maximum absolute atomic E-state index is 13.7. The fourth-order valence-electron chi connectivity index (χ4n) is 2.95. The minimum Gasteiger partial charge on any atom is -0.362 e. The highest BCUT2D eigenvalue weighted by Crippen LogP contribution is 2.37. The standard InChI is InChI=1S/C14H19ClFN3O2/c1-2-9-3-4-18(10(5-9)8-17)13-7-12(16)11(15)6-14(13)19(20)21/h6-7,9-10H,2-5,8,17H2,1H3. The van der Waals surface area contributed by atoms with Crippen LogP contribution in [0.1, 0.15) is 26.2 Å². The highest BCUT2D eigenvalue weighted by Gasteiger charge is 2.31. The van der Waals surface area contributed by atoms with E-state index in [0.29, 0.717) is 19.0 Å². The molecule has 0 bridgehead atoms. The van der Waals surface area contributed by atoms with Gasteiger partial charge in [0.05, 0.1) is 9.95 Å². The topological polar surface area (TPSA) is 72.4 Å². The quantitative estimate of drug-likeness (QED) is 0.683. The molecule has 1 aliphatic rings. The number of nitro groups is 1. The molecular weight excluding hydrogens is 297 g/mol. The second-order valence-electron chi connectivity index (χ2n) is 5.39. The van der Waals surface area contributed by atoms with Gasteiger partial charge in [-0.15, -0.1) is 0 Å². The van der Waals surface area contributed by atoms with E-state index in [1.807, 2.05) is 4.90 Å². The summed E-state index contributed by atoms with van der Waals surface area (Å²) in [5, 5.41) is 11.0. The Morgan fingerprint density at radius 2 is 2.29 bits per heavy atom. The van der Waals surface area contributed by atoms with Crippen LogP contribution in [0.4, 0.5) is 15.8 Å². The van der Waals surface area contributed by atoms with Crippen molar-refractivity contribution in [3.63, 3.8) is 0 Å². The van der Waals surface area contributed by atoms with Crippen molar-refractivity contribution in [1.82, 2.24) is 0 Å². The summed E-state index contributed by atoms with van der Waals surface area (Å²) in [5.74, 6) is -0.0864. The molecule has 2 rings (SSSR count). The molecule has 2 unspecified atom stereocenters. The van der Waals surface area contributed by atoms with E-state index in [4.69, 9.17) is 17.3 Å². The molecule has 21 heavy (non-hydrogen) atoms. The van der Waals surface area contributed by atoms with Crippen LogP contribution in [0.5, 0.6) is 0 Å². The number of nitrogens with zero attached hydrogens (tertiary/aromatic N) is 2. The van der Waals surface area contributed by atoms with E-state index in [1.165, 1.54) is 0 Å². The summed E-state index contributed by atoms with van der Waals surface area (Å²) in [6.07, 6.45) is 2.85. The van der Waals surface area contributed by atoms with Gasteiger partial charge in [0.1, 0.15) is 11.5 Å². The molecule has 1 heterocycles. The van der Waals surface area contributed by atoms with Crippen LogP contribution in [-0.4, -0.2) is 24.1 Å². The third-order valence-corrected chi connectivity index (χ3v) is 4.49. The number of anilines is 1. The van der Waals surface area contributed by atoms with Crippen molar-refractivity contribution in [1.29, 1.82) is 0 Å². The zero-order valence-corrected chi connectivity index (χ0v) is 12.6. The molecule has 0 amide bonds. The van der Waals surface area contributed by atoms with Gasteiger partial charge in [-0.3, -0.25) is 10.1 Å². The summed E-state index contributed by atoms with van der Waals surface area (Å²) in [5.41, 5.74) is 5.91. The van der Waals surface area contributed by atoms with Gasteiger partial charge >= 0.3 is 0 Å². The molecule has 1 aliphatic heterocycles. The largest absolute Gasteiger partial charge is 0.362 e. The van der Waals surface area contributed by atoms with Crippen LogP contribution < -0.4 is 10.6 Å². The number of benzene rings is 1. The smallest absolute Gasteiger partial charge is 0.294 e. The molecule has 2 N–H and O–H groups in total. The van der Waals surface area contributed by atoms with Crippen LogP contribution in [0.2, 0.25) is 5.02 Å². The van der Waals surface area contributed by atoms with Gasteiger partial charge in [0.25, 0.3) is 5.69 Å². The summed E-state index contributed by atoms with van der Waals surface area (Å²) < 4.78 is 13.7. The second kappa shape index (κ2) is 6.58. The number of nitro benzene ring substituents is 1. The lowest BCUT2D eigenvalue weighted by Gasteiger charge is -2.40. The van der Waals surface area contributed by atoms with E-state index in [-0.39, 0.29) is 22.4 Å². The van der Waals surface area contributed by atoms with E-state index < -0.39 is 10.7 Å². The van der Waals surface area contributed by atoms with Crippen LogP contribution in [0.15, 0.2) is 12.1 Å². The van der Waals surface area contributed by atoms with Gasteiger partial charge in [0.15, 0.2) is 0 Å². The lowest BCUT2D eigenvalue weighted by Crippen LogP contribution is -2.47. The Labute approximate surface area is 128 Å². The van der Waals surface area contributed by atoms with Gasteiger partial charge in [-0.2, -0.15) is 0 Å². The fraction of sp³-hybridized carbons (Fsp3) is 0.571. The zero-order valence-electron chi connectivity index (χ0n) is 11.9. The normalized spacial score (nSPS) is 22.4. The van der Waals surface area contributed by atoms with Crippen molar-refractivity contribution in [2.45, 2.75) is 32.2 Å². The van der Waals surface area contributed by atoms with Crippen molar-refractivity contribution in [3.8, 4) is 0 Å². The molecule has 0 aliphatic carbocycles. The Bertz CT molecular complexity index is 541. The molecule has 116 valence electrons. The van der Waals surface area contributed by atoms with Gasteiger partial charge < -0.3 is 10.6 Å². The average molecular weight is 316 g/mol. The monoisotopic (exact) mass is 315 g/mol. The molecule has 7 heteroatoms. The first-order chi connectivity index (χ1) is 9.97.